The molecule has 6 nitrogen and oxygen atoms in total. The van der Waals surface area contributed by atoms with Crippen molar-refractivity contribution in [1.29, 1.82) is 0 Å². The van der Waals surface area contributed by atoms with Gasteiger partial charge in [-0.05, 0) is 67.4 Å². The van der Waals surface area contributed by atoms with Crippen LogP contribution in [0.15, 0.2) is 65.7 Å². The van der Waals surface area contributed by atoms with Crippen LogP contribution in [0.5, 0.6) is 0 Å². The number of aryl methyl sites for hydroxylation is 1. The predicted molar refractivity (Wildman–Crippen MR) is 163 cm³/mol. The van der Waals surface area contributed by atoms with E-state index in [-0.39, 0.29) is 11.7 Å². The number of hydrogen-bond acceptors (Lipinski definition) is 5. The Morgan fingerprint density at radius 1 is 1.26 bits per heavy atom. The van der Waals surface area contributed by atoms with E-state index < -0.39 is 0 Å². The number of allylic oxidation sites excluding steroid dienone is 2. The van der Waals surface area contributed by atoms with Gasteiger partial charge in [0.2, 0.25) is 0 Å². The Morgan fingerprint density at radius 3 is 2.92 bits per heavy atom. The molecule has 1 aliphatic carbocycles. The Labute approximate surface area is 234 Å². The summed E-state index contributed by atoms with van der Waals surface area (Å²) in [7, 11) is 0. The third kappa shape index (κ3) is 5.64. The third-order valence-corrected chi connectivity index (χ3v) is 8.14. The fourth-order valence-corrected chi connectivity index (χ4v) is 5.94. The van der Waals surface area contributed by atoms with Gasteiger partial charge in [0.1, 0.15) is 22.9 Å². The normalized spacial score (nSPS) is 13.4. The van der Waals surface area contributed by atoms with Gasteiger partial charge >= 0.3 is 0 Å². The van der Waals surface area contributed by atoms with Crippen molar-refractivity contribution in [1.82, 2.24) is 19.4 Å². The Bertz CT molecular complexity index is 1550. The van der Waals surface area contributed by atoms with Crippen LogP contribution >= 0.6 is 11.8 Å². The molecular weight excluding hydrogens is 502 g/mol. The number of aromatic amines is 1. The van der Waals surface area contributed by atoms with E-state index in [1.54, 1.807) is 23.4 Å². The molecule has 0 amide bonds. The highest BCUT2D eigenvalue weighted by atomic mass is 32.2. The summed E-state index contributed by atoms with van der Waals surface area (Å²) in [5.74, 6) is 1.80. The predicted octanol–water partition coefficient (Wildman–Crippen LogP) is 8.22. The number of ketones is 1. The number of aromatic nitrogens is 4. The number of Topliss-reactive ketones (excluding diaryl/α,β-unsaturated/α-hetero) is 1. The van der Waals surface area contributed by atoms with Gasteiger partial charge in [0.15, 0.2) is 5.78 Å². The number of rotatable bonds is 11. The summed E-state index contributed by atoms with van der Waals surface area (Å²) in [6.07, 6.45) is 17.3. The summed E-state index contributed by atoms with van der Waals surface area (Å²) < 4.78 is 2.09. The number of carbonyl (C=O) groups is 1. The number of imidazole rings is 1. The molecule has 7 heteroatoms. The lowest BCUT2D eigenvalue weighted by Gasteiger charge is -2.15. The first-order chi connectivity index (χ1) is 19.0. The molecule has 0 spiro atoms. The van der Waals surface area contributed by atoms with Gasteiger partial charge in [0, 0.05) is 40.9 Å². The molecule has 3 heterocycles. The minimum atomic E-state index is 0.173. The monoisotopic (exact) mass is 537 g/mol. The fraction of sp³-hybridized carbons (Fsp3) is 0.281. The fourth-order valence-electron chi connectivity index (χ4n) is 5.31. The Hall–Kier alpha value is -3.84. The highest BCUT2D eigenvalue weighted by molar-refractivity contribution is 8.02. The van der Waals surface area contributed by atoms with Crippen LogP contribution in [-0.2, 0) is 0 Å². The maximum Gasteiger partial charge on any atom is 0.162 e. The molecular formula is C32H35N5OS. The van der Waals surface area contributed by atoms with Gasteiger partial charge in [-0.25, -0.2) is 9.97 Å². The number of thioether (sulfide) groups is 1. The number of hydrogen-bond donors (Lipinski definition) is 2. The minimum Gasteiger partial charge on any atom is -0.382 e. The van der Waals surface area contributed by atoms with Crippen molar-refractivity contribution in [3.8, 4) is 11.4 Å². The maximum absolute atomic E-state index is 13.1. The molecule has 0 radical (unpaired) electrons. The first-order valence-electron chi connectivity index (χ1n) is 13.6. The molecule has 0 bridgehead atoms. The van der Waals surface area contributed by atoms with E-state index in [0.29, 0.717) is 12.2 Å². The molecule has 200 valence electrons. The van der Waals surface area contributed by atoms with Crippen LogP contribution in [0.4, 0.5) is 5.82 Å². The summed E-state index contributed by atoms with van der Waals surface area (Å²) in [6, 6.07) is 8.07. The van der Waals surface area contributed by atoms with E-state index in [1.807, 2.05) is 24.4 Å². The maximum atomic E-state index is 13.1. The largest absolute Gasteiger partial charge is 0.382 e. The Kier molecular flexibility index (Phi) is 8.17. The van der Waals surface area contributed by atoms with Crippen molar-refractivity contribution in [2.24, 2.45) is 0 Å². The van der Waals surface area contributed by atoms with Gasteiger partial charge in [-0.15, -0.1) is 0 Å². The number of anilines is 1. The average molecular weight is 538 g/mol. The van der Waals surface area contributed by atoms with Crippen molar-refractivity contribution in [2.75, 3.05) is 5.73 Å². The number of carbonyl (C=O) groups excluding carboxylic acids is 1. The van der Waals surface area contributed by atoms with Crippen molar-refractivity contribution >= 4 is 41.0 Å². The Morgan fingerprint density at radius 2 is 2.10 bits per heavy atom. The molecule has 0 saturated heterocycles. The minimum absolute atomic E-state index is 0.173. The first-order valence-corrected chi connectivity index (χ1v) is 14.5. The molecule has 0 saturated carbocycles. The van der Waals surface area contributed by atoms with Gasteiger partial charge in [-0.3, -0.25) is 9.20 Å². The zero-order valence-electron chi connectivity index (χ0n) is 22.6. The van der Waals surface area contributed by atoms with Crippen LogP contribution in [0.3, 0.4) is 0 Å². The summed E-state index contributed by atoms with van der Waals surface area (Å²) in [5, 5.41) is 1.80. The lowest BCUT2D eigenvalue weighted by Crippen LogP contribution is -2.07. The SMILES string of the molecule is C=CSc1cc(C(=O)CCCC(CCC)c2nc(-c3cc4c([nH]3)C=CCC=C4)c3c(N)nccn23)ccc1C. The summed E-state index contributed by atoms with van der Waals surface area (Å²) in [6.45, 7) is 8.05. The number of nitrogens with one attached hydrogen (secondary N) is 1. The molecule has 5 rings (SSSR count). The van der Waals surface area contributed by atoms with Gasteiger partial charge < -0.3 is 10.7 Å². The van der Waals surface area contributed by atoms with Crippen LogP contribution in [0, 0.1) is 6.92 Å². The van der Waals surface area contributed by atoms with Crippen LogP contribution in [0.2, 0.25) is 0 Å². The van der Waals surface area contributed by atoms with Crippen LogP contribution < -0.4 is 5.73 Å². The number of benzene rings is 1. The molecule has 4 aromatic rings. The molecule has 1 aromatic carbocycles. The highest BCUT2D eigenvalue weighted by Crippen LogP contribution is 2.35. The molecule has 3 N–H and O–H groups in total. The number of nitrogen functional groups attached to an aromatic ring is 1. The second-order valence-corrected chi connectivity index (χ2v) is 11.0. The van der Waals surface area contributed by atoms with E-state index in [4.69, 9.17) is 10.7 Å². The van der Waals surface area contributed by atoms with Crippen molar-refractivity contribution < 1.29 is 4.79 Å². The molecule has 1 atom stereocenters. The highest BCUT2D eigenvalue weighted by Gasteiger charge is 2.24. The summed E-state index contributed by atoms with van der Waals surface area (Å²) in [5.41, 5.74) is 13.1. The summed E-state index contributed by atoms with van der Waals surface area (Å²) in [4.78, 5) is 27.2. The second-order valence-electron chi connectivity index (χ2n) is 10.0. The zero-order chi connectivity index (χ0) is 27.4. The van der Waals surface area contributed by atoms with Crippen molar-refractivity contribution in [2.45, 2.75) is 63.2 Å². The lowest BCUT2D eigenvalue weighted by atomic mass is 9.94. The van der Waals surface area contributed by atoms with E-state index in [9.17, 15) is 4.79 Å². The van der Waals surface area contributed by atoms with Gasteiger partial charge in [0.25, 0.3) is 0 Å². The molecule has 1 unspecified atom stereocenters. The summed E-state index contributed by atoms with van der Waals surface area (Å²) >= 11 is 1.55. The molecule has 0 fully saturated rings. The van der Waals surface area contributed by atoms with Gasteiger partial charge in [-0.2, -0.15) is 0 Å². The van der Waals surface area contributed by atoms with Crippen LogP contribution in [-0.4, -0.2) is 25.1 Å². The smallest absolute Gasteiger partial charge is 0.162 e. The number of fused-ring (bicyclic) bond motifs is 2. The molecule has 3 aromatic heterocycles. The van der Waals surface area contributed by atoms with Crippen LogP contribution in [0.1, 0.15) is 84.4 Å². The van der Waals surface area contributed by atoms with Gasteiger partial charge in [0.05, 0.1) is 5.69 Å². The van der Waals surface area contributed by atoms with E-state index in [2.05, 4.69) is 65.2 Å². The zero-order valence-corrected chi connectivity index (χ0v) is 23.4. The quantitative estimate of drug-likeness (QED) is 0.149. The Balaban J connectivity index is 1.41. The topological polar surface area (TPSA) is 89.1 Å². The number of nitrogens with zero attached hydrogens (tertiary/aromatic N) is 3. The van der Waals surface area contributed by atoms with E-state index in [1.165, 1.54) is 0 Å². The van der Waals surface area contributed by atoms with Crippen LogP contribution in [0.25, 0.3) is 29.1 Å². The van der Waals surface area contributed by atoms with E-state index in [0.717, 1.165) is 82.1 Å². The molecule has 1 aliphatic rings. The van der Waals surface area contributed by atoms with Crippen molar-refractivity contribution in [3.05, 3.63) is 89.0 Å². The molecule has 0 aliphatic heterocycles. The first kappa shape index (κ1) is 26.8. The number of H-pyrrole nitrogens is 1. The second kappa shape index (κ2) is 11.9. The average Bonchev–Trinajstić information content (AvgIpc) is 3.45. The lowest BCUT2D eigenvalue weighted by molar-refractivity contribution is 0.0978. The standard InChI is InChI=1S/C32H35N5OS/c1-4-10-22(12-9-14-27(38)24-16-15-21(3)28(20-24)39-5-2)32-36-29(30-31(33)34-17-18-37(30)32)26-19-23-11-7-6-8-13-25(23)35-26/h5,7-8,11,13,15-20,22,35H,2,4,6,9-10,12,14H2,1,3H3,(H2,33,34). The van der Waals surface area contributed by atoms with Gasteiger partial charge in [-0.1, -0.05) is 62.0 Å². The number of nitrogens with two attached hydrogens (primary N) is 1. The van der Waals surface area contributed by atoms with E-state index >= 15 is 0 Å². The molecule has 39 heavy (non-hydrogen) atoms. The third-order valence-electron chi connectivity index (χ3n) is 7.28. The van der Waals surface area contributed by atoms with Crippen molar-refractivity contribution in [3.63, 3.8) is 0 Å².